The van der Waals surface area contributed by atoms with E-state index in [1.54, 1.807) is 0 Å². The van der Waals surface area contributed by atoms with Crippen LogP contribution in [0.15, 0.2) is 0 Å². The molecule has 3 fully saturated rings. The minimum absolute atomic E-state index is 0.432. The van der Waals surface area contributed by atoms with E-state index >= 15 is 0 Å². The predicted molar refractivity (Wildman–Crippen MR) is 46.7 cm³/mol. The van der Waals surface area contributed by atoms with Crippen LogP contribution in [0.2, 0.25) is 0 Å². The topological polar surface area (TPSA) is 35.2 Å². The molecule has 3 atom stereocenters. The third kappa shape index (κ3) is 0.647. The summed E-state index contributed by atoms with van der Waals surface area (Å²) in [6, 6.07) is 0.465. The van der Waals surface area contributed by atoms with Crippen molar-refractivity contribution in [3.8, 4) is 0 Å². The SMILES string of the molecule is N[C@@H]1[C@@H]2CCO[C@@H]2C12CCCC2. The van der Waals surface area contributed by atoms with Crippen molar-refractivity contribution >= 4 is 0 Å². The molecule has 1 heterocycles. The van der Waals surface area contributed by atoms with Crippen LogP contribution in [0.25, 0.3) is 0 Å². The van der Waals surface area contributed by atoms with Crippen LogP contribution in [0.1, 0.15) is 32.1 Å². The summed E-state index contributed by atoms with van der Waals surface area (Å²) < 4.78 is 5.78. The molecule has 1 spiro atoms. The van der Waals surface area contributed by atoms with Gasteiger partial charge >= 0.3 is 0 Å². The van der Waals surface area contributed by atoms with Crippen LogP contribution >= 0.6 is 0 Å². The summed E-state index contributed by atoms with van der Waals surface area (Å²) in [5.74, 6) is 0.711. The molecule has 0 aromatic rings. The molecule has 1 aliphatic heterocycles. The zero-order chi connectivity index (χ0) is 8.18. The lowest BCUT2D eigenvalue weighted by Gasteiger charge is -2.55. The Balaban J connectivity index is 1.87. The number of hydrogen-bond acceptors (Lipinski definition) is 2. The monoisotopic (exact) mass is 167 g/mol. The lowest BCUT2D eigenvalue weighted by atomic mass is 9.55. The Morgan fingerprint density at radius 1 is 1.25 bits per heavy atom. The molecule has 1 saturated heterocycles. The zero-order valence-electron chi connectivity index (χ0n) is 7.46. The first-order valence-corrected chi connectivity index (χ1v) is 5.22. The average molecular weight is 167 g/mol. The molecule has 0 radical (unpaired) electrons. The average Bonchev–Trinajstić information content (AvgIpc) is 2.72. The van der Waals surface area contributed by atoms with Crippen LogP contribution < -0.4 is 5.73 Å². The smallest absolute Gasteiger partial charge is 0.0690 e. The standard InChI is InChI=1S/C10H17NO/c11-8-7-3-6-12-9(7)10(8)4-1-2-5-10/h7-9H,1-6,11H2/t7-,8+,9-/m0/s1. The number of fused-ring (bicyclic) bond motifs is 2. The molecule has 2 heteroatoms. The molecule has 2 aliphatic carbocycles. The molecule has 68 valence electrons. The van der Waals surface area contributed by atoms with Gasteiger partial charge in [0.1, 0.15) is 0 Å². The summed E-state index contributed by atoms with van der Waals surface area (Å²) in [4.78, 5) is 0. The van der Waals surface area contributed by atoms with Crippen molar-refractivity contribution in [3.05, 3.63) is 0 Å². The van der Waals surface area contributed by atoms with E-state index in [9.17, 15) is 0 Å². The van der Waals surface area contributed by atoms with Gasteiger partial charge in [-0.2, -0.15) is 0 Å². The van der Waals surface area contributed by atoms with E-state index in [1.807, 2.05) is 0 Å². The molecule has 0 bridgehead atoms. The van der Waals surface area contributed by atoms with Crippen molar-refractivity contribution in [1.29, 1.82) is 0 Å². The summed E-state index contributed by atoms with van der Waals surface area (Å²) >= 11 is 0. The minimum Gasteiger partial charge on any atom is -0.377 e. The summed E-state index contributed by atoms with van der Waals surface area (Å²) in [5.41, 5.74) is 6.66. The molecular weight excluding hydrogens is 150 g/mol. The van der Waals surface area contributed by atoms with E-state index in [0.717, 1.165) is 6.61 Å². The normalized spacial score (nSPS) is 49.2. The molecule has 12 heavy (non-hydrogen) atoms. The predicted octanol–water partition coefficient (Wildman–Crippen LogP) is 1.29. The maximum Gasteiger partial charge on any atom is 0.0690 e. The van der Waals surface area contributed by atoms with Gasteiger partial charge in [0, 0.05) is 24.0 Å². The Labute approximate surface area is 73.5 Å². The summed E-state index contributed by atoms with van der Waals surface area (Å²) in [5, 5.41) is 0. The molecule has 3 rings (SSSR count). The highest BCUT2D eigenvalue weighted by atomic mass is 16.5. The number of hydrogen-bond donors (Lipinski definition) is 1. The number of nitrogens with two attached hydrogens (primary N) is 1. The highest BCUT2D eigenvalue weighted by Gasteiger charge is 2.63. The summed E-state index contributed by atoms with van der Waals surface area (Å²) in [7, 11) is 0. The molecule has 3 aliphatic rings. The second kappa shape index (κ2) is 2.24. The van der Waals surface area contributed by atoms with Gasteiger partial charge in [0.15, 0.2) is 0 Å². The van der Waals surface area contributed by atoms with Crippen molar-refractivity contribution < 1.29 is 4.74 Å². The zero-order valence-corrected chi connectivity index (χ0v) is 7.46. The van der Waals surface area contributed by atoms with Crippen LogP contribution in [-0.2, 0) is 4.74 Å². The second-order valence-electron chi connectivity index (χ2n) is 4.71. The van der Waals surface area contributed by atoms with Crippen molar-refractivity contribution in [1.82, 2.24) is 0 Å². The van der Waals surface area contributed by atoms with Crippen molar-refractivity contribution in [2.24, 2.45) is 17.1 Å². The maximum atomic E-state index is 6.22. The first kappa shape index (κ1) is 7.34. The van der Waals surface area contributed by atoms with E-state index in [2.05, 4.69) is 0 Å². The van der Waals surface area contributed by atoms with Crippen molar-refractivity contribution in [2.75, 3.05) is 6.61 Å². The Morgan fingerprint density at radius 2 is 2.00 bits per heavy atom. The van der Waals surface area contributed by atoms with Gasteiger partial charge in [0.25, 0.3) is 0 Å². The van der Waals surface area contributed by atoms with Crippen LogP contribution in [0.3, 0.4) is 0 Å². The molecule has 0 aromatic carbocycles. The molecule has 0 aromatic heterocycles. The second-order valence-corrected chi connectivity index (χ2v) is 4.71. The fourth-order valence-electron chi connectivity index (χ4n) is 3.71. The van der Waals surface area contributed by atoms with E-state index < -0.39 is 0 Å². The van der Waals surface area contributed by atoms with E-state index in [-0.39, 0.29) is 0 Å². The van der Waals surface area contributed by atoms with Crippen LogP contribution in [0.5, 0.6) is 0 Å². The van der Waals surface area contributed by atoms with Crippen molar-refractivity contribution in [2.45, 2.75) is 44.2 Å². The third-order valence-electron chi connectivity index (χ3n) is 4.36. The quantitative estimate of drug-likeness (QED) is 0.590. The Morgan fingerprint density at radius 3 is 2.75 bits per heavy atom. The van der Waals surface area contributed by atoms with Crippen molar-refractivity contribution in [3.63, 3.8) is 0 Å². The molecule has 0 amide bonds. The van der Waals surface area contributed by atoms with Gasteiger partial charge < -0.3 is 10.5 Å². The first-order valence-electron chi connectivity index (χ1n) is 5.22. The number of rotatable bonds is 0. The molecule has 2 N–H and O–H groups in total. The van der Waals surface area contributed by atoms with E-state index in [1.165, 1.54) is 32.1 Å². The fourth-order valence-corrected chi connectivity index (χ4v) is 3.71. The Kier molecular flexibility index (Phi) is 1.37. The van der Waals surface area contributed by atoms with Gasteiger partial charge in [0.05, 0.1) is 6.10 Å². The van der Waals surface area contributed by atoms with Gasteiger partial charge in [-0.3, -0.25) is 0 Å². The van der Waals surface area contributed by atoms with Gasteiger partial charge in [-0.1, -0.05) is 12.8 Å². The van der Waals surface area contributed by atoms with E-state index in [0.29, 0.717) is 23.5 Å². The van der Waals surface area contributed by atoms with Crippen LogP contribution in [-0.4, -0.2) is 18.8 Å². The Bertz CT molecular complexity index is 198. The van der Waals surface area contributed by atoms with Gasteiger partial charge in [0.2, 0.25) is 0 Å². The van der Waals surface area contributed by atoms with Gasteiger partial charge in [-0.05, 0) is 19.3 Å². The molecule has 2 saturated carbocycles. The summed E-state index contributed by atoms with van der Waals surface area (Å²) in [6.07, 6.45) is 7.17. The summed E-state index contributed by atoms with van der Waals surface area (Å²) in [6.45, 7) is 0.963. The molecular formula is C10H17NO. The van der Waals surface area contributed by atoms with Crippen LogP contribution in [0, 0.1) is 11.3 Å². The fraction of sp³-hybridized carbons (Fsp3) is 1.00. The highest BCUT2D eigenvalue weighted by molar-refractivity contribution is 5.15. The first-order chi connectivity index (χ1) is 5.84. The Hall–Kier alpha value is -0.0800. The van der Waals surface area contributed by atoms with Gasteiger partial charge in [-0.25, -0.2) is 0 Å². The van der Waals surface area contributed by atoms with Crippen LogP contribution in [0.4, 0.5) is 0 Å². The van der Waals surface area contributed by atoms with Gasteiger partial charge in [-0.15, -0.1) is 0 Å². The molecule has 0 unspecified atom stereocenters. The molecule has 2 nitrogen and oxygen atoms in total. The third-order valence-corrected chi connectivity index (χ3v) is 4.36. The minimum atomic E-state index is 0.432. The largest absolute Gasteiger partial charge is 0.377 e. The van der Waals surface area contributed by atoms with E-state index in [4.69, 9.17) is 10.5 Å². The lowest BCUT2D eigenvalue weighted by Crippen LogP contribution is -2.65. The lowest BCUT2D eigenvalue weighted by molar-refractivity contribution is -0.118. The maximum absolute atomic E-state index is 6.22. The highest BCUT2D eigenvalue weighted by Crippen LogP contribution is 2.59. The number of ether oxygens (including phenoxy) is 1.